The molecule has 0 fully saturated rings. The number of aromatic nitrogens is 4. The average molecular weight is 259 g/mol. The van der Waals surface area contributed by atoms with Gasteiger partial charge in [-0.05, 0) is 32.4 Å². The first-order valence-corrected chi connectivity index (χ1v) is 6.61. The van der Waals surface area contributed by atoms with E-state index < -0.39 is 0 Å². The van der Waals surface area contributed by atoms with Gasteiger partial charge < -0.3 is 5.32 Å². The van der Waals surface area contributed by atoms with Crippen LogP contribution in [-0.2, 0) is 6.54 Å². The van der Waals surface area contributed by atoms with Gasteiger partial charge in [-0.25, -0.2) is 14.6 Å². The quantitative estimate of drug-likeness (QED) is 0.892. The molecule has 0 radical (unpaired) electrons. The molecule has 2 aromatic rings. The normalized spacial score (nSPS) is 11.2. The topological polar surface area (TPSA) is 55.6 Å². The summed E-state index contributed by atoms with van der Waals surface area (Å²) in [5, 5.41) is 7.74. The van der Waals surface area contributed by atoms with Crippen molar-refractivity contribution in [3.05, 3.63) is 35.4 Å². The zero-order chi connectivity index (χ0) is 13.8. The predicted octanol–water partition coefficient (Wildman–Crippen LogP) is 2.02. The van der Waals surface area contributed by atoms with Gasteiger partial charge >= 0.3 is 0 Å². The zero-order valence-corrected chi connectivity index (χ0v) is 12.0. The summed E-state index contributed by atoms with van der Waals surface area (Å²) in [5.41, 5.74) is 3.11. The molecule has 0 saturated heterocycles. The summed E-state index contributed by atoms with van der Waals surface area (Å²) in [6, 6.07) is 2.02. The van der Waals surface area contributed by atoms with Crippen molar-refractivity contribution in [1.82, 2.24) is 25.1 Å². The lowest BCUT2D eigenvalue weighted by Gasteiger charge is -2.07. The fraction of sp³-hybridized carbons (Fsp3) is 0.500. The summed E-state index contributed by atoms with van der Waals surface area (Å²) in [7, 11) is 0. The second kappa shape index (κ2) is 5.93. The minimum atomic E-state index is 0.623. The molecule has 0 aliphatic carbocycles. The molecule has 0 unspecified atom stereocenters. The molecule has 0 spiro atoms. The van der Waals surface area contributed by atoms with Crippen molar-refractivity contribution in [2.45, 2.75) is 34.2 Å². The summed E-state index contributed by atoms with van der Waals surface area (Å²) in [6.45, 7) is 10.1. The van der Waals surface area contributed by atoms with E-state index in [0.29, 0.717) is 11.9 Å². The van der Waals surface area contributed by atoms with Crippen molar-refractivity contribution in [1.29, 1.82) is 0 Å². The van der Waals surface area contributed by atoms with E-state index in [1.807, 2.05) is 32.3 Å². The smallest absolute Gasteiger partial charge is 0.250 e. The standard InChI is InChI=1S/C14H21N5/c1-10(2)6-15-7-13-8-16-14(17-9-13)19-12(4)5-11(3)18-19/h5,8-10,15H,6-7H2,1-4H3. The summed E-state index contributed by atoms with van der Waals surface area (Å²) in [6.07, 6.45) is 3.71. The van der Waals surface area contributed by atoms with Crippen molar-refractivity contribution in [3.8, 4) is 5.95 Å². The van der Waals surface area contributed by atoms with Crippen LogP contribution in [0.15, 0.2) is 18.5 Å². The molecule has 2 rings (SSSR count). The lowest BCUT2D eigenvalue weighted by molar-refractivity contribution is 0.551. The van der Waals surface area contributed by atoms with Crippen LogP contribution in [0.1, 0.15) is 30.8 Å². The Bertz CT molecular complexity index is 527. The maximum atomic E-state index is 4.37. The van der Waals surface area contributed by atoms with Crippen LogP contribution in [-0.4, -0.2) is 26.3 Å². The van der Waals surface area contributed by atoms with Crippen LogP contribution in [0.25, 0.3) is 5.95 Å². The molecule has 0 aliphatic rings. The number of hydrogen-bond acceptors (Lipinski definition) is 4. The summed E-state index contributed by atoms with van der Waals surface area (Å²) < 4.78 is 1.76. The van der Waals surface area contributed by atoms with Gasteiger partial charge in [-0.15, -0.1) is 0 Å². The van der Waals surface area contributed by atoms with Crippen molar-refractivity contribution >= 4 is 0 Å². The lowest BCUT2D eigenvalue weighted by Crippen LogP contribution is -2.19. The largest absolute Gasteiger partial charge is 0.312 e. The van der Waals surface area contributed by atoms with Crippen LogP contribution < -0.4 is 5.32 Å². The SMILES string of the molecule is Cc1cc(C)n(-c2ncc(CNCC(C)C)cn2)n1. The molecule has 0 aromatic carbocycles. The fourth-order valence-corrected chi connectivity index (χ4v) is 1.89. The van der Waals surface area contributed by atoms with Gasteiger partial charge in [-0.3, -0.25) is 0 Å². The Hall–Kier alpha value is -1.75. The van der Waals surface area contributed by atoms with Gasteiger partial charge in [0.2, 0.25) is 0 Å². The monoisotopic (exact) mass is 259 g/mol. The van der Waals surface area contributed by atoms with Gasteiger partial charge in [0, 0.05) is 30.2 Å². The van der Waals surface area contributed by atoms with E-state index in [2.05, 4.69) is 34.2 Å². The molecule has 2 aromatic heterocycles. The molecule has 1 N–H and O–H groups in total. The van der Waals surface area contributed by atoms with E-state index in [1.165, 1.54) is 0 Å². The van der Waals surface area contributed by atoms with Crippen LogP contribution in [0, 0.1) is 19.8 Å². The van der Waals surface area contributed by atoms with Crippen molar-refractivity contribution in [2.24, 2.45) is 5.92 Å². The maximum Gasteiger partial charge on any atom is 0.250 e. The Morgan fingerprint density at radius 3 is 2.42 bits per heavy atom. The third-order valence-corrected chi connectivity index (χ3v) is 2.77. The molecule has 0 atom stereocenters. The Kier molecular flexibility index (Phi) is 4.27. The van der Waals surface area contributed by atoms with Crippen molar-refractivity contribution in [2.75, 3.05) is 6.54 Å². The molecule has 5 heteroatoms. The summed E-state index contributed by atoms with van der Waals surface area (Å²) >= 11 is 0. The highest BCUT2D eigenvalue weighted by Crippen LogP contribution is 2.07. The van der Waals surface area contributed by atoms with E-state index >= 15 is 0 Å². The Labute approximate surface area is 114 Å². The van der Waals surface area contributed by atoms with Gasteiger partial charge in [0.1, 0.15) is 0 Å². The molecule has 0 saturated carbocycles. The van der Waals surface area contributed by atoms with E-state index in [4.69, 9.17) is 0 Å². The second-order valence-electron chi connectivity index (χ2n) is 5.25. The van der Waals surface area contributed by atoms with Crippen LogP contribution in [0.3, 0.4) is 0 Å². The fourth-order valence-electron chi connectivity index (χ4n) is 1.89. The first-order chi connectivity index (χ1) is 9.06. The number of aryl methyl sites for hydroxylation is 2. The van der Waals surface area contributed by atoms with E-state index in [0.717, 1.165) is 30.0 Å². The highest BCUT2D eigenvalue weighted by molar-refractivity contribution is 5.19. The molecule has 5 nitrogen and oxygen atoms in total. The Balaban J connectivity index is 2.04. The first-order valence-electron chi connectivity index (χ1n) is 6.61. The predicted molar refractivity (Wildman–Crippen MR) is 75.2 cm³/mol. The Morgan fingerprint density at radius 1 is 1.21 bits per heavy atom. The Morgan fingerprint density at radius 2 is 1.89 bits per heavy atom. The van der Waals surface area contributed by atoms with Gasteiger partial charge in [-0.2, -0.15) is 5.10 Å². The molecule has 0 bridgehead atoms. The van der Waals surface area contributed by atoms with E-state index in [1.54, 1.807) is 4.68 Å². The molecular formula is C14H21N5. The third-order valence-electron chi connectivity index (χ3n) is 2.77. The minimum absolute atomic E-state index is 0.623. The highest BCUT2D eigenvalue weighted by Gasteiger charge is 2.06. The molecule has 0 amide bonds. The van der Waals surface area contributed by atoms with Crippen molar-refractivity contribution < 1.29 is 0 Å². The number of hydrogen-bond donors (Lipinski definition) is 1. The first kappa shape index (κ1) is 13.7. The maximum absolute atomic E-state index is 4.37. The zero-order valence-electron chi connectivity index (χ0n) is 12.0. The molecule has 0 aliphatic heterocycles. The average Bonchev–Trinajstić information content (AvgIpc) is 2.69. The number of rotatable bonds is 5. The summed E-state index contributed by atoms with van der Waals surface area (Å²) in [5.74, 6) is 1.27. The second-order valence-corrected chi connectivity index (χ2v) is 5.25. The molecule has 2 heterocycles. The van der Waals surface area contributed by atoms with E-state index in [-0.39, 0.29) is 0 Å². The van der Waals surface area contributed by atoms with Gasteiger partial charge in [-0.1, -0.05) is 13.8 Å². The number of nitrogens with one attached hydrogen (secondary N) is 1. The van der Waals surface area contributed by atoms with Crippen LogP contribution >= 0.6 is 0 Å². The minimum Gasteiger partial charge on any atom is -0.312 e. The van der Waals surface area contributed by atoms with Gasteiger partial charge in [0.15, 0.2) is 0 Å². The van der Waals surface area contributed by atoms with Crippen LogP contribution in [0.2, 0.25) is 0 Å². The van der Waals surface area contributed by atoms with Crippen molar-refractivity contribution in [3.63, 3.8) is 0 Å². The van der Waals surface area contributed by atoms with Crippen LogP contribution in [0.4, 0.5) is 0 Å². The van der Waals surface area contributed by atoms with Gasteiger partial charge in [0.25, 0.3) is 5.95 Å². The number of nitrogens with zero attached hydrogens (tertiary/aromatic N) is 4. The third kappa shape index (κ3) is 3.61. The molecular weight excluding hydrogens is 238 g/mol. The lowest BCUT2D eigenvalue weighted by atomic mass is 10.2. The van der Waals surface area contributed by atoms with E-state index in [9.17, 15) is 0 Å². The van der Waals surface area contributed by atoms with Crippen LogP contribution in [0.5, 0.6) is 0 Å². The van der Waals surface area contributed by atoms with Gasteiger partial charge in [0.05, 0.1) is 5.69 Å². The molecule has 102 valence electrons. The molecule has 19 heavy (non-hydrogen) atoms. The highest BCUT2D eigenvalue weighted by atomic mass is 15.3. The summed E-state index contributed by atoms with van der Waals surface area (Å²) in [4.78, 5) is 8.74.